The van der Waals surface area contributed by atoms with Gasteiger partial charge < -0.3 is 19.8 Å². The second-order valence-electron chi connectivity index (χ2n) is 4.96. The van der Waals surface area contributed by atoms with E-state index in [0.717, 1.165) is 24.2 Å². The third-order valence-corrected chi connectivity index (χ3v) is 3.25. The van der Waals surface area contributed by atoms with Crippen LogP contribution in [0.5, 0.6) is 0 Å². The van der Waals surface area contributed by atoms with Gasteiger partial charge in [0.2, 0.25) is 0 Å². The smallest absolute Gasteiger partial charge is 0.191 e. The number of aryl methyl sites for hydroxylation is 2. The number of aliphatic imine (C=N–C) groups is 1. The molecule has 0 aliphatic heterocycles. The van der Waals surface area contributed by atoms with Gasteiger partial charge in [-0.2, -0.15) is 0 Å². The van der Waals surface area contributed by atoms with E-state index in [1.54, 1.807) is 0 Å². The molecular weight excluding hydrogens is 266 g/mol. The zero-order valence-corrected chi connectivity index (χ0v) is 13.1. The Kier molecular flexibility index (Phi) is 4.97. The van der Waals surface area contributed by atoms with Crippen LogP contribution in [0, 0.1) is 6.92 Å². The lowest BCUT2D eigenvalue weighted by Crippen LogP contribution is -2.37. The highest BCUT2D eigenvalue weighted by atomic mass is 15.3. The molecule has 21 heavy (non-hydrogen) atoms. The van der Waals surface area contributed by atoms with Crippen LogP contribution in [0.15, 0.2) is 23.5 Å². The first-order valence-electron chi connectivity index (χ1n) is 7.08. The normalized spacial score (nSPS) is 11.7. The van der Waals surface area contributed by atoms with Crippen LogP contribution in [0.1, 0.15) is 24.1 Å². The number of rotatable bonds is 5. The van der Waals surface area contributed by atoms with Crippen LogP contribution in [0.25, 0.3) is 0 Å². The van der Waals surface area contributed by atoms with Crippen molar-refractivity contribution in [3.05, 3.63) is 35.7 Å². The summed E-state index contributed by atoms with van der Waals surface area (Å²) in [5.41, 5.74) is 1.18. The fraction of sp³-hybridized carbons (Fsp3) is 0.500. The van der Waals surface area contributed by atoms with Gasteiger partial charge in [-0.25, -0.2) is 4.99 Å². The minimum Gasteiger partial charge on any atom is -0.357 e. The topological polar surface area (TPSA) is 72.1 Å². The van der Waals surface area contributed by atoms with Crippen molar-refractivity contribution in [1.29, 1.82) is 0 Å². The van der Waals surface area contributed by atoms with Crippen molar-refractivity contribution < 1.29 is 0 Å². The molecule has 2 heterocycles. The van der Waals surface area contributed by atoms with Crippen LogP contribution in [-0.2, 0) is 27.2 Å². The Morgan fingerprint density at radius 1 is 1.29 bits per heavy atom. The SMILES string of the molecule is CCNC(=NCc1ccn(C)c1)NCc1nnc(C)n1C. The minimum atomic E-state index is 0.595. The molecule has 0 spiro atoms. The maximum Gasteiger partial charge on any atom is 0.191 e. The average molecular weight is 289 g/mol. The molecule has 0 atom stereocenters. The van der Waals surface area contributed by atoms with Crippen molar-refractivity contribution in [3.8, 4) is 0 Å². The molecule has 114 valence electrons. The van der Waals surface area contributed by atoms with Crippen molar-refractivity contribution in [2.24, 2.45) is 19.1 Å². The van der Waals surface area contributed by atoms with E-state index in [0.29, 0.717) is 13.1 Å². The predicted molar refractivity (Wildman–Crippen MR) is 82.8 cm³/mol. The number of nitrogens with one attached hydrogen (secondary N) is 2. The molecule has 0 aliphatic rings. The van der Waals surface area contributed by atoms with Gasteiger partial charge in [0.25, 0.3) is 0 Å². The molecule has 7 heteroatoms. The first-order chi connectivity index (χ1) is 10.1. The van der Waals surface area contributed by atoms with Crippen LogP contribution in [0.2, 0.25) is 0 Å². The summed E-state index contributed by atoms with van der Waals surface area (Å²) in [7, 11) is 3.97. The molecule has 0 unspecified atom stereocenters. The van der Waals surface area contributed by atoms with Crippen LogP contribution in [0.4, 0.5) is 0 Å². The van der Waals surface area contributed by atoms with Gasteiger partial charge in [-0.15, -0.1) is 10.2 Å². The largest absolute Gasteiger partial charge is 0.357 e. The van der Waals surface area contributed by atoms with Crippen molar-refractivity contribution in [3.63, 3.8) is 0 Å². The van der Waals surface area contributed by atoms with Crippen LogP contribution < -0.4 is 10.6 Å². The van der Waals surface area contributed by atoms with Gasteiger partial charge in [0, 0.05) is 33.0 Å². The third-order valence-electron chi connectivity index (χ3n) is 3.25. The Labute approximate surface area is 125 Å². The fourth-order valence-corrected chi connectivity index (χ4v) is 1.93. The maximum absolute atomic E-state index is 4.57. The van der Waals surface area contributed by atoms with E-state index in [1.165, 1.54) is 5.56 Å². The molecule has 0 amide bonds. The standard InChI is InChI=1S/C14H23N7/c1-5-15-14(16-8-12-6-7-20(3)10-12)17-9-13-19-18-11(2)21(13)4/h6-7,10H,5,8-9H2,1-4H3,(H2,15,16,17). The summed E-state index contributed by atoms with van der Waals surface area (Å²) in [6, 6.07) is 2.07. The maximum atomic E-state index is 4.57. The molecule has 7 nitrogen and oxygen atoms in total. The summed E-state index contributed by atoms with van der Waals surface area (Å²) < 4.78 is 3.99. The highest BCUT2D eigenvalue weighted by molar-refractivity contribution is 5.79. The third kappa shape index (κ3) is 4.08. The Bertz CT molecular complexity index is 609. The molecule has 0 saturated carbocycles. The molecule has 2 rings (SSSR count). The summed E-state index contributed by atoms with van der Waals surface area (Å²) >= 11 is 0. The van der Waals surface area contributed by atoms with Gasteiger partial charge in [-0.3, -0.25) is 0 Å². The van der Waals surface area contributed by atoms with Crippen molar-refractivity contribution in [2.75, 3.05) is 6.54 Å². The number of aromatic nitrogens is 4. The van der Waals surface area contributed by atoms with E-state index in [-0.39, 0.29) is 0 Å². The predicted octanol–water partition coefficient (Wildman–Crippen LogP) is 0.717. The van der Waals surface area contributed by atoms with E-state index < -0.39 is 0 Å². The summed E-state index contributed by atoms with van der Waals surface area (Å²) in [5.74, 6) is 2.57. The number of hydrogen-bond donors (Lipinski definition) is 2. The Morgan fingerprint density at radius 2 is 2.10 bits per heavy atom. The molecule has 0 radical (unpaired) electrons. The van der Waals surface area contributed by atoms with Gasteiger partial charge in [-0.1, -0.05) is 0 Å². The molecule has 0 aromatic carbocycles. The lowest BCUT2D eigenvalue weighted by Gasteiger charge is -2.10. The van der Waals surface area contributed by atoms with E-state index in [2.05, 4.69) is 38.1 Å². The minimum absolute atomic E-state index is 0.595. The first-order valence-corrected chi connectivity index (χ1v) is 7.08. The Hall–Kier alpha value is -2.31. The van der Waals surface area contributed by atoms with Crippen LogP contribution in [0.3, 0.4) is 0 Å². The molecular formula is C14H23N7. The van der Waals surface area contributed by atoms with E-state index in [1.807, 2.05) is 43.3 Å². The molecule has 2 aromatic heterocycles. The molecule has 0 aliphatic carbocycles. The number of guanidine groups is 1. The van der Waals surface area contributed by atoms with E-state index >= 15 is 0 Å². The van der Waals surface area contributed by atoms with Gasteiger partial charge in [-0.05, 0) is 25.5 Å². The first kappa shape index (κ1) is 15.1. The van der Waals surface area contributed by atoms with Gasteiger partial charge >= 0.3 is 0 Å². The lowest BCUT2D eigenvalue weighted by atomic mass is 10.3. The quantitative estimate of drug-likeness (QED) is 0.628. The molecule has 0 saturated heterocycles. The van der Waals surface area contributed by atoms with Crippen molar-refractivity contribution >= 4 is 5.96 Å². The summed E-state index contributed by atoms with van der Waals surface area (Å²) in [6.45, 7) is 6.04. The van der Waals surface area contributed by atoms with Crippen LogP contribution in [-0.4, -0.2) is 31.8 Å². The van der Waals surface area contributed by atoms with E-state index in [4.69, 9.17) is 0 Å². The van der Waals surface area contributed by atoms with Gasteiger partial charge in [0.15, 0.2) is 11.8 Å². The highest BCUT2D eigenvalue weighted by Crippen LogP contribution is 2.01. The van der Waals surface area contributed by atoms with E-state index in [9.17, 15) is 0 Å². The average Bonchev–Trinajstić information content (AvgIpc) is 3.01. The second-order valence-corrected chi connectivity index (χ2v) is 4.96. The van der Waals surface area contributed by atoms with Crippen molar-refractivity contribution in [1.82, 2.24) is 30.0 Å². The van der Waals surface area contributed by atoms with Crippen molar-refractivity contribution in [2.45, 2.75) is 26.9 Å². The van der Waals surface area contributed by atoms with Gasteiger partial charge in [0.1, 0.15) is 5.82 Å². The molecule has 0 fully saturated rings. The summed E-state index contributed by atoms with van der Waals surface area (Å²) in [4.78, 5) is 4.57. The van der Waals surface area contributed by atoms with Crippen LogP contribution >= 0.6 is 0 Å². The summed E-state index contributed by atoms with van der Waals surface area (Å²) in [6.07, 6.45) is 4.09. The number of nitrogens with zero attached hydrogens (tertiary/aromatic N) is 5. The monoisotopic (exact) mass is 289 g/mol. The highest BCUT2D eigenvalue weighted by Gasteiger charge is 2.05. The van der Waals surface area contributed by atoms with Gasteiger partial charge in [0.05, 0.1) is 13.1 Å². The molecule has 2 N–H and O–H groups in total. The zero-order valence-electron chi connectivity index (χ0n) is 13.1. The number of hydrogen-bond acceptors (Lipinski definition) is 3. The molecule has 2 aromatic rings. The Morgan fingerprint density at radius 3 is 2.67 bits per heavy atom. The lowest BCUT2D eigenvalue weighted by molar-refractivity contribution is 0.718. The molecule has 0 bridgehead atoms. The zero-order chi connectivity index (χ0) is 15.2. The second kappa shape index (κ2) is 6.92. The Balaban J connectivity index is 1.96. The fourth-order valence-electron chi connectivity index (χ4n) is 1.93. The summed E-state index contributed by atoms with van der Waals surface area (Å²) in [5, 5.41) is 14.7.